The van der Waals surface area contributed by atoms with E-state index in [0.29, 0.717) is 22.0 Å². The summed E-state index contributed by atoms with van der Waals surface area (Å²) in [4.78, 5) is 5.19. The van der Waals surface area contributed by atoms with Crippen molar-refractivity contribution in [2.75, 3.05) is 18.4 Å². The maximum absolute atomic E-state index is 12.2. The second-order valence-corrected chi connectivity index (χ2v) is 8.65. The molecule has 25 heavy (non-hydrogen) atoms. The highest BCUT2D eigenvalue weighted by molar-refractivity contribution is 7.91. The summed E-state index contributed by atoms with van der Waals surface area (Å²) in [6.45, 7) is 2.43. The quantitative estimate of drug-likeness (QED) is 0.649. The summed E-state index contributed by atoms with van der Waals surface area (Å²) in [5.41, 5.74) is 1.87. The van der Waals surface area contributed by atoms with Gasteiger partial charge in [0.05, 0.1) is 16.8 Å². The van der Waals surface area contributed by atoms with E-state index in [2.05, 4.69) is 21.1 Å². The van der Waals surface area contributed by atoms with Crippen LogP contribution in [0.5, 0.6) is 0 Å². The largest absolute Gasteiger partial charge is 0.382 e. The number of anilines is 1. The molecule has 0 aliphatic rings. The number of aromatic nitrogens is 1. The Labute approximate surface area is 150 Å². The number of pyridine rings is 1. The first-order valence-corrected chi connectivity index (χ1v) is 9.89. The molecule has 0 unspecified atom stereocenters. The number of nitrogens with zero attached hydrogens (tertiary/aromatic N) is 2. The van der Waals surface area contributed by atoms with Gasteiger partial charge in [0.2, 0.25) is 10.0 Å². The molecule has 0 spiro atoms. The molecule has 128 valence electrons. The Morgan fingerprint density at radius 2 is 2.00 bits per heavy atom. The van der Waals surface area contributed by atoms with E-state index < -0.39 is 10.0 Å². The molecule has 0 bridgehead atoms. The van der Waals surface area contributed by atoms with E-state index >= 15 is 0 Å². The van der Waals surface area contributed by atoms with Gasteiger partial charge in [0.1, 0.15) is 10.3 Å². The Kier molecular flexibility index (Phi) is 4.99. The number of hydrogen-bond acceptors (Lipinski definition) is 6. The van der Waals surface area contributed by atoms with Gasteiger partial charge in [-0.2, -0.15) is 5.26 Å². The summed E-state index contributed by atoms with van der Waals surface area (Å²) in [6.07, 6.45) is 1.52. The molecule has 0 atom stereocenters. The smallest absolute Gasteiger partial charge is 0.250 e. The van der Waals surface area contributed by atoms with Crippen molar-refractivity contribution in [3.05, 3.63) is 53.0 Å². The molecule has 8 heteroatoms. The van der Waals surface area contributed by atoms with Gasteiger partial charge in [0.15, 0.2) is 0 Å². The van der Waals surface area contributed by atoms with E-state index in [0.717, 1.165) is 15.8 Å². The average Bonchev–Trinajstić information content (AvgIpc) is 3.06. The number of thiophene rings is 1. The second kappa shape index (κ2) is 7.19. The van der Waals surface area contributed by atoms with Gasteiger partial charge in [0.25, 0.3) is 0 Å². The van der Waals surface area contributed by atoms with Gasteiger partial charge in [-0.1, -0.05) is 18.2 Å². The lowest BCUT2D eigenvalue weighted by Gasteiger charge is -2.11. The summed E-state index contributed by atoms with van der Waals surface area (Å²) < 4.78 is 27.3. The van der Waals surface area contributed by atoms with E-state index in [4.69, 9.17) is 0 Å². The standard InChI is InChI=1S/C17H16N4O2S2/c1-12-6-7-16(24-12)25(22,23)21-9-8-19-17-13(10-18)11-20-15-5-3-2-4-14(15)17/h2-7,11,21H,8-9H2,1H3,(H,19,20). The highest BCUT2D eigenvalue weighted by atomic mass is 32.2. The molecule has 0 radical (unpaired) electrons. The van der Waals surface area contributed by atoms with Gasteiger partial charge in [-0.15, -0.1) is 11.3 Å². The number of sulfonamides is 1. The van der Waals surface area contributed by atoms with Crippen molar-refractivity contribution in [3.63, 3.8) is 0 Å². The van der Waals surface area contributed by atoms with E-state index in [1.54, 1.807) is 12.1 Å². The predicted molar refractivity (Wildman–Crippen MR) is 99.2 cm³/mol. The van der Waals surface area contributed by atoms with Gasteiger partial charge in [-0.05, 0) is 25.1 Å². The Bertz CT molecular complexity index is 1050. The highest BCUT2D eigenvalue weighted by Crippen LogP contribution is 2.25. The number of benzene rings is 1. The first kappa shape index (κ1) is 17.4. The molecule has 6 nitrogen and oxygen atoms in total. The molecule has 2 N–H and O–H groups in total. The number of fused-ring (bicyclic) bond motifs is 1. The zero-order chi connectivity index (χ0) is 17.9. The first-order chi connectivity index (χ1) is 12.0. The molecule has 2 heterocycles. The molecule has 2 aromatic heterocycles. The van der Waals surface area contributed by atoms with Crippen LogP contribution >= 0.6 is 11.3 Å². The number of rotatable bonds is 6. The third-order valence-corrected chi connectivity index (χ3v) is 6.55. The fraction of sp³-hybridized carbons (Fsp3) is 0.176. The summed E-state index contributed by atoms with van der Waals surface area (Å²) in [5.74, 6) is 0. The van der Waals surface area contributed by atoms with E-state index in [9.17, 15) is 13.7 Å². The molecular weight excluding hydrogens is 356 g/mol. The van der Waals surface area contributed by atoms with Gasteiger partial charge in [-0.25, -0.2) is 13.1 Å². The lowest BCUT2D eigenvalue weighted by atomic mass is 10.1. The van der Waals surface area contributed by atoms with Crippen molar-refractivity contribution in [1.82, 2.24) is 9.71 Å². The van der Waals surface area contributed by atoms with Crippen molar-refractivity contribution < 1.29 is 8.42 Å². The molecule has 0 fully saturated rings. The van der Waals surface area contributed by atoms with Gasteiger partial charge >= 0.3 is 0 Å². The number of aryl methyl sites for hydroxylation is 1. The van der Waals surface area contributed by atoms with Crippen molar-refractivity contribution >= 4 is 38.0 Å². The van der Waals surface area contributed by atoms with Crippen LogP contribution in [0.3, 0.4) is 0 Å². The van der Waals surface area contributed by atoms with Crippen molar-refractivity contribution in [3.8, 4) is 6.07 Å². The lowest BCUT2D eigenvalue weighted by Crippen LogP contribution is -2.28. The lowest BCUT2D eigenvalue weighted by molar-refractivity contribution is 0.585. The topological polar surface area (TPSA) is 94.9 Å². The Morgan fingerprint density at radius 1 is 1.20 bits per heavy atom. The molecule has 1 aromatic carbocycles. The van der Waals surface area contributed by atoms with Gasteiger partial charge in [0, 0.05) is 29.5 Å². The van der Waals surface area contributed by atoms with E-state index in [1.807, 2.05) is 31.2 Å². The predicted octanol–water partition coefficient (Wildman–Crippen LogP) is 2.87. The van der Waals surface area contributed by atoms with E-state index in [-0.39, 0.29) is 6.54 Å². The number of hydrogen-bond donors (Lipinski definition) is 2. The maximum atomic E-state index is 12.2. The molecule has 0 saturated carbocycles. The minimum absolute atomic E-state index is 0.209. The third kappa shape index (κ3) is 3.79. The zero-order valence-corrected chi connectivity index (χ0v) is 15.1. The molecular formula is C17H16N4O2S2. The van der Waals surface area contributed by atoms with Crippen LogP contribution in [-0.2, 0) is 10.0 Å². The Morgan fingerprint density at radius 3 is 2.72 bits per heavy atom. The maximum Gasteiger partial charge on any atom is 0.250 e. The second-order valence-electron chi connectivity index (χ2n) is 5.37. The SMILES string of the molecule is Cc1ccc(S(=O)(=O)NCCNc2c(C#N)cnc3ccccc23)s1. The molecule has 3 rings (SSSR count). The number of nitrogens with one attached hydrogen (secondary N) is 2. The molecule has 0 aliphatic heterocycles. The summed E-state index contributed by atoms with van der Waals surface area (Å²) in [5, 5.41) is 13.3. The Balaban J connectivity index is 1.70. The highest BCUT2D eigenvalue weighted by Gasteiger charge is 2.15. The van der Waals surface area contributed by atoms with Crippen LogP contribution in [0.15, 0.2) is 46.8 Å². The fourth-order valence-electron chi connectivity index (χ4n) is 2.42. The zero-order valence-electron chi connectivity index (χ0n) is 13.5. The summed E-state index contributed by atoms with van der Waals surface area (Å²) >= 11 is 1.23. The molecule has 0 amide bonds. The molecule has 3 aromatic rings. The minimum atomic E-state index is -3.50. The van der Waals surface area contributed by atoms with Crippen LogP contribution in [0.2, 0.25) is 0 Å². The van der Waals surface area contributed by atoms with Crippen LogP contribution in [0.4, 0.5) is 5.69 Å². The van der Waals surface area contributed by atoms with Gasteiger partial charge < -0.3 is 5.32 Å². The van der Waals surface area contributed by atoms with E-state index in [1.165, 1.54) is 17.5 Å². The summed E-state index contributed by atoms with van der Waals surface area (Å²) in [7, 11) is -3.50. The number of nitriles is 1. The minimum Gasteiger partial charge on any atom is -0.382 e. The summed E-state index contributed by atoms with van der Waals surface area (Å²) in [6, 6.07) is 13.0. The van der Waals surface area contributed by atoms with Crippen LogP contribution < -0.4 is 10.0 Å². The van der Waals surface area contributed by atoms with Crippen molar-refractivity contribution in [1.29, 1.82) is 5.26 Å². The van der Waals surface area contributed by atoms with Gasteiger partial charge in [-0.3, -0.25) is 4.98 Å². The monoisotopic (exact) mass is 372 g/mol. The van der Waals surface area contributed by atoms with Crippen LogP contribution in [0.1, 0.15) is 10.4 Å². The Hall–Kier alpha value is -2.47. The number of para-hydroxylation sites is 1. The molecule has 0 saturated heterocycles. The van der Waals surface area contributed by atoms with Crippen LogP contribution in [0.25, 0.3) is 10.9 Å². The van der Waals surface area contributed by atoms with Crippen molar-refractivity contribution in [2.45, 2.75) is 11.1 Å². The third-order valence-electron chi connectivity index (χ3n) is 3.60. The van der Waals surface area contributed by atoms with Crippen molar-refractivity contribution in [2.24, 2.45) is 0 Å². The molecule has 0 aliphatic carbocycles. The van der Waals surface area contributed by atoms with Crippen LogP contribution in [0, 0.1) is 18.3 Å². The normalized spacial score (nSPS) is 11.4. The van der Waals surface area contributed by atoms with Crippen LogP contribution in [-0.4, -0.2) is 26.5 Å². The average molecular weight is 372 g/mol. The first-order valence-electron chi connectivity index (χ1n) is 7.59. The fourth-order valence-corrected chi connectivity index (χ4v) is 4.78.